The van der Waals surface area contributed by atoms with Crippen LogP contribution < -0.4 is 0 Å². The van der Waals surface area contributed by atoms with Crippen LogP contribution in [0, 0.1) is 0 Å². The quantitative estimate of drug-likeness (QED) is 0.237. The fourth-order valence-electron chi connectivity index (χ4n) is 1.75. The number of alkyl halides is 2. The molecule has 5 heteroatoms. The van der Waals surface area contributed by atoms with E-state index in [0.29, 0.717) is 12.2 Å². The third-order valence-corrected chi connectivity index (χ3v) is 4.24. The zero-order chi connectivity index (χ0) is 14.5. The number of rotatable bonds is 12. The molecule has 0 spiro atoms. The number of esters is 1. The van der Waals surface area contributed by atoms with E-state index in [2.05, 4.69) is 6.58 Å². The lowest BCUT2D eigenvalue weighted by atomic mass is 10.1. The van der Waals surface area contributed by atoms with E-state index >= 15 is 0 Å². The summed E-state index contributed by atoms with van der Waals surface area (Å²) < 4.78 is 28.8. The normalized spacial score (nSPS) is 11.4. The van der Waals surface area contributed by atoms with Crippen molar-refractivity contribution in [2.24, 2.45) is 0 Å². The summed E-state index contributed by atoms with van der Waals surface area (Å²) in [5, 5.41) is 0. The molecule has 0 saturated carbocycles. The van der Waals surface area contributed by atoms with Gasteiger partial charge in [-0.3, -0.25) is 0 Å². The van der Waals surface area contributed by atoms with Crippen LogP contribution in [0.3, 0.4) is 0 Å². The molecule has 0 atom stereocenters. The SMILES string of the molecule is C=C(C)C(=O)OCCCCCCCCC[SiH2]C(F)F. The highest BCUT2D eigenvalue weighted by Crippen LogP contribution is 2.09. The Morgan fingerprint density at radius 3 is 2.16 bits per heavy atom. The zero-order valence-electron chi connectivity index (χ0n) is 11.9. The van der Waals surface area contributed by atoms with Gasteiger partial charge in [-0.2, -0.15) is 0 Å². The molecular weight excluding hydrogens is 266 g/mol. The van der Waals surface area contributed by atoms with Crippen LogP contribution in [0.25, 0.3) is 0 Å². The second-order valence-electron chi connectivity index (χ2n) is 4.92. The van der Waals surface area contributed by atoms with Gasteiger partial charge in [-0.15, -0.1) is 0 Å². The summed E-state index contributed by atoms with van der Waals surface area (Å²) in [5.41, 5.74) is 0.437. The molecule has 0 fully saturated rings. The van der Waals surface area contributed by atoms with E-state index in [-0.39, 0.29) is 5.97 Å². The van der Waals surface area contributed by atoms with E-state index in [1.54, 1.807) is 6.92 Å². The standard InChI is InChI=1S/C14H26F2O2Si/c1-12(2)13(17)18-10-8-6-4-3-5-7-9-11-19-14(15)16/h14H,1,3-11,19H2,2H3. The van der Waals surface area contributed by atoms with E-state index in [9.17, 15) is 13.6 Å². The van der Waals surface area contributed by atoms with Crippen molar-refractivity contribution in [1.82, 2.24) is 0 Å². The summed E-state index contributed by atoms with van der Waals surface area (Å²) in [5.74, 6) is -0.316. The second-order valence-corrected chi connectivity index (χ2v) is 6.83. The van der Waals surface area contributed by atoms with Crippen LogP contribution in [-0.2, 0) is 9.53 Å². The first-order valence-corrected chi connectivity index (χ1v) is 8.96. The minimum Gasteiger partial charge on any atom is -0.462 e. The predicted molar refractivity (Wildman–Crippen MR) is 77.4 cm³/mol. The number of carbonyl (C=O) groups excluding carboxylic acids is 1. The fraction of sp³-hybridized carbons (Fsp3) is 0.786. The lowest BCUT2D eigenvalue weighted by Crippen LogP contribution is -2.06. The fourth-order valence-corrected chi connectivity index (χ4v) is 2.70. The predicted octanol–water partition coefficient (Wildman–Crippen LogP) is 3.65. The number of carbonyl (C=O) groups is 1. The summed E-state index contributed by atoms with van der Waals surface area (Å²) in [7, 11) is -1.11. The smallest absolute Gasteiger partial charge is 0.333 e. The van der Waals surface area contributed by atoms with Crippen LogP contribution >= 0.6 is 0 Å². The van der Waals surface area contributed by atoms with E-state index in [0.717, 1.165) is 51.0 Å². The summed E-state index contributed by atoms with van der Waals surface area (Å²) in [6, 6.07) is -1.24. The van der Waals surface area contributed by atoms with Crippen LogP contribution in [0.2, 0.25) is 6.04 Å². The number of ether oxygens (including phenoxy) is 1. The minimum atomic E-state index is -2.01. The third kappa shape index (κ3) is 13.5. The Balaban J connectivity index is 3.11. The van der Waals surface area contributed by atoms with E-state index in [4.69, 9.17) is 4.74 Å². The number of hydrogen-bond donors (Lipinski definition) is 0. The van der Waals surface area contributed by atoms with Crippen molar-refractivity contribution in [1.29, 1.82) is 0 Å². The van der Waals surface area contributed by atoms with Crippen molar-refractivity contribution < 1.29 is 18.3 Å². The monoisotopic (exact) mass is 292 g/mol. The van der Waals surface area contributed by atoms with Crippen LogP contribution in [0.5, 0.6) is 0 Å². The molecular formula is C14H26F2O2Si. The third-order valence-electron chi connectivity index (χ3n) is 2.90. The topological polar surface area (TPSA) is 26.3 Å². The average molecular weight is 292 g/mol. The van der Waals surface area contributed by atoms with Gasteiger partial charge in [-0.1, -0.05) is 51.1 Å². The molecule has 0 aliphatic heterocycles. The minimum absolute atomic E-state index is 0.316. The maximum absolute atomic E-state index is 11.9. The molecule has 0 N–H and O–H groups in total. The average Bonchev–Trinajstić information content (AvgIpc) is 2.35. The van der Waals surface area contributed by atoms with Gasteiger partial charge in [0.2, 0.25) is 6.05 Å². The van der Waals surface area contributed by atoms with Crippen molar-refractivity contribution in [2.75, 3.05) is 6.61 Å². The van der Waals surface area contributed by atoms with Crippen molar-refractivity contribution in [3.05, 3.63) is 12.2 Å². The lowest BCUT2D eigenvalue weighted by Gasteiger charge is -2.04. The van der Waals surface area contributed by atoms with E-state index in [1.165, 1.54) is 0 Å². The van der Waals surface area contributed by atoms with Gasteiger partial charge in [0, 0.05) is 5.57 Å². The van der Waals surface area contributed by atoms with E-state index < -0.39 is 15.6 Å². The maximum atomic E-state index is 11.9. The van der Waals surface area contributed by atoms with Crippen LogP contribution in [0.15, 0.2) is 12.2 Å². The van der Waals surface area contributed by atoms with Gasteiger partial charge >= 0.3 is 5.97 Å². The Labute approximate surface area is 117 Å². The number of halogens is 2. The van der Waals surface area contributed by atoms with Crippen molar-refractivity contribution >= 4 is 15.5 Å². The first-order valence-electron chi connectivity index (χ1n) is 7.15. The number of hydrogen-bond acceptors (Lipinski definition) is 2. The Morgan fingerprint density at radius 1 is 1.11 bits per heavy atom. The van der Waals surface area contributed by atoms with Gasteiger partial charge in [0.15, 0.2) is 0 Å². The Hall–Kier alpha value is -0.713. The van der Waals surface area contributed by atoms with Crippen molar-refractivity contribution in [2.45, 2.75) is 64.0 Å². The summed E-state index contributed by atoms with van der Waals surface area (Å²) in [6.45, 7) is 5.61. The highest BCUT2D eigenvalue weighted by atomic mass is 28.2. The highest BCUT2D eigenvalue weighted by Gasteiger charge is 2.03. The summed E-state index contributed by atoms with van der Waals surface area (Å²) in [4.78, 5) is 11.1. The molecule has 0 unspecified atom stereocenters. The molecule has 0 aromatic heterocycles. The number of unbranched alkanes of at least 4 members (excludes halogenated alkanes) is 6. The van der Waals surface area contributed by atoms with Gasteiger partial charge in [0.25, 0.3) is 0 Å². The highest BCUT2D eigenvalue weighted by molar-refractivity contribution is 6.36. The van der Waals surface area contributed by atoms with Crippen LogP contribution in [0.1, 0.15) is 51.9 Å². The first-order chi connectivity index (χ1) is 9.04. The molecule has 0 bridgehead atoms. The van der Waals surface area contributed by atoms with Gasteiger partial charge in [-0.05, 0) is 13.3 Å². The molecule has 0 saturated heterocycles. The maximum Gasteiger partial charge on any atom is 0.333 e. The van der Waals surface area contributed by atoms with Crippen molar-refractivity contribution in [3.63, 3.8) is 0 Å². The van der Waals surface area contributed by atoms with Crippen molar-refractivity contribution in [3.8, 4) is 0 Å². The van der Waals surface area contributed by atoms with Gasteiger partial charge < -0.3 is 4.74 Å². The second kappa shape index (κ2) is 12.3. The summed E-state index contributed by atoms with van der Waals surface area (Å²) in [6.07, 6.45) is 7.37. The van der Waals surface area contributed by atoms with Crippen LogP contribution in [-0.4, -0.2) is 28.1 Å². The van der Waals surface area contributed by atoms with Crippen LogP contribution in [0.4, 0.5) is 8.78 Å². The zero-order valence-corrected chi connectivity index (χ0v) is 13.3. The molecule has 0 radical (unpaired) electrons. The largest absolute Gasteiger partial charge is 0.462 e. The molecule has 19 heavy (non-hydrogen) atoms. The molecule has 0 rings (SSSR count). The van der Waals surface area contributed by atoms with Gasteiger partial charge in [0.1, 0.15) is 9.52 Å². The molecule has 0 aromatic carbocycles. The Kier molecular flexibility index (Phi) is 11.9. The molecule has 0 amide bonds. The van der Waals surface area contributed by atoms with Gasteiger partial charge in [-0.25, -0.2) is 13.6 Å². The molecule has 0 aliphatic carbocycles. The molecule has 2 nitrogen and oxygen atoms in total. The molecule has 0 heterocycles. The molecule has 0 aliphatic rings. The Bertz CT molecular complexity index is 258. The summed E-state index contributed by atoms with van der Waals surface area (Å²) >= 11 is 0. The first kappa shape index (κ1) is 18.3. The van der Waals surface area contributed by atoms with E-state index in [1.807, 2.05) is 0 Å². The Morgan fingerprint density at radius 2 is 1.63 bits per heavy atom. The lowest BCUT2D eigenvalue weighted by molar-refractivity contribution is -0.139. The molecule has 112 valence electrons. The van der Waals surface area contributed by atoms with Gasteiger partial charge in [0.05, 0.1) is 6.61 Å². The molecule has 0 aromatic rings.